The van der Waals surface area contributed by atoms with E-state index in [1.54, 1.807) is 32.3 Å². The van der Waals surface area contributed by atoms with E-state index in [4.69, 9.17) is 4.74 Å². The second-order valence-corrected chi connectivity index (χ2v) is 4.76. The first-order valence-corrected chi connectivity index (χ1v) is 6.09. The Morgan fingerprint density at radius 1 is 1.11 bits per heavy atom. The van der Waals surface area contributed by atoms with Crippen LogP contribution in [0.15, 0.2) is 48.8 Å². The number of ether oxygens (including phenoxy) is 1. The molecule has 98 valence electrons. The average molecular weight is 256 g/mol. The zero-order valence-corrected chi connectivity index (χ0v) is 11.0. The maximum absolute atomic E-state index is 12.1. The van der Waals surface area contributed by atoms with Gasteiger partial charge in [-0.05, 0) is 25.5 Å². The molecule has 2 aromatic rings. The topological polar surface area (TPSA) is 52.1 Å². The summed E-state index contributed by atoms with van der Waals surface area (Å²) in [5, 5.41) is 0. The highest BCUT2D eigenvalue weighted by Gasteiger charge is 2.34. The summed E-state index contributed by atoms with van der Waals surface area (Å²) in [4.78, 5) is 20.4. The molecular weight excluding hydrogens is 240 g/mol. The highest BCUT2D eigenvalue weighted by Crippen LogP contribution is 2.21. The van der Waals surface area contributed by atoms with Crippen LogP contribution in [0, 0.1) is 0 Å². The lowest BCUT2D eigenvalue weighted by molar-refractivity contribution is -0.151. The summed E-state index contributed by atoms with van der Waals surface area (Å²) < 4.78 is 5.33. The predicted octanol–water partition coefficient (Wildman–Crippen LogP) is 2.50. The van der Waals surface area contributed by atoms with Gasteiger partial charge in [0.15, 0.2) is 0 Å². The van der Waals surface area contributed by atoms with Crippen LogP contribution in [-0.4, -0.2) is 15.9 Å². The molecule has 0 amide bonds. The molecule has 2 rings (SSSR count). The monoisotopic (exact) mass is 256 g/mol. The molecule has 0 fully saturated rings. The summed E-state index contributed by atoms with van der Waals surface area (Å²) in [5.74, 6) is 0.135. The van der Waals surface area contributed by atoms with Gasteiger partial charge in [-0.2, -0.15) is 0 Å². The molecule has 0 aliphatic carbocycles. The van der Waals surface area contributed by atoms with Crippen molar-refractivity contribution in [3.05, 3.63) is 60.2 Å². The van der Waals surface area contributed by atoms with Crippen molar-refractivity contribution in [1.82, 2.24) is 9.97 Å². The maximum atomic E-state index is 12.1. The first-order chi connectivity index (χ1) is 9.10. The van der Waals surface area contributed by atoms with Crippen molar-refractivity contribution < 1.29 is 9.53 Å². The molecule has 0 saturated heterocycles. The average Bonchev–Trinajstić information content (AvgIpc) is 2.46. The number of hydrogen-bond acceptors (Lipinski definition) is 4. The van der Waals surface area contributed by atoms with Gasteiger partial charge in [-0.25, -0.2) is 9.97 Å². The van der Waals surface area contributed by atoms with Crippen molar-refractivity contribution >= 4 is 5.97 Å². The summed E-state index contributed by atoms with van der Waals surface area (Å²) in [6, 6.07) is 11.3. The van der Waals surface area contributed by atoms with Crippen molar-refractivity contribution in [1.29, 1.82) is 0 Å². The van der Waals surface area contributed by atoms with Crippen molar-refractivity contribution in [3.8, 4) is 0 Å². The van der Waals surface area contributed by atoms with E-state index in [2.05, 4.69) is 9.97 Å². The molecule has 4 nitrogen and oxygen atoms in total. The van der Waals surface area contributed by atoms with Crippen LogP contribution in [0.3, 0.4) is 0 Å². The van der Waals surface area contributed by atoms with Crippen LogP contribution in [0.5, 0.6) is 0 Å². The first-order valence-electron chi connectivity index (χ1n) is 6.09. The zero-order chi connectivity index (χ0) is 13.7. The Hall–Kier alpha value is -2.23. The highest BCUT2D eigenvalue weighted by molar-refractivity contribution is 5.80. The number of nitrogens with zero attached hydrogens (tertiary/aromatic N) is 2. The molecule has 1 aromatic heterocycles. The third-order valence-electron chi connectivity index (χ3n) is 2.85. The molecule has 4 heteroatoms. The van der Waals surface area contributed by atoms with Gasteiger partial charge in [0, 0.05) is 12.4 Å². The van der Waals surface area contributed by atoms with E-state index in [-0.39, 0.29) is 12.6 Å². The van der Waals surface area contributed by atoms with Gasteiger partial charge in [0.05, 0.1) is 0 Å². The number of hydrogen-bond donors (Lipinski definition) is 0. The molecule has 0 atom stereocenters. The Kier molecular flexibility index (Phi) is 3.90. The second-order valence-electron chi connectivity index (χ2n) is 4.76. The fourth-order valence-corrected chi connectivity index (χ4v) is 1.62. The Morgan fingerprint density at radius 3 is 2.37 bits per heavy atom. The van der Waals surface area contributed by atoms with Crippen molar-refractivity contribution in [2.24, 2.45) is 0 Å². The Bertz CT molecular complexity index is 539. The first kappa shape index (κ1) is 13.2. The molecule has 0 aliphatic heterocycles. The third kappa shape index (κ3) is 3.16. The van der Waals surface area contributed by atoms with Crippen molar-refractivity contribution in [2.75, 3.05) is 0 Å². The third-order valence-corrected chi connectivity index (χ3v) is 2.85. The van der Waals surface area contributed by atoms with Gasteiger partial charge in [0.25, 0.3) is 0 Å². The van der Waals surface area contributed by atoms with Crippen LogP contribution in [0.2, 0.25) is 0 Å². The largest absolute Gasteiger partial charge is 0.460 e. The lowest BCUT2D eigenvalue weighted by Crippen LogP contribution is -2.33. The molecule has 0 N–H and O–H groups in total. The molecule has 0 unspecified atom stereocenters. The molecule has 0 aliphatic rings. The van der Waals surface area contributed by atoms with Gasteiger partial charge in [-0.15, -0.1) is 0 Å². The molecule has 0 bridgehead atoms. The van der Waals surface area contributed by atoms with Gasteiger partial charge in [0.2, 0.25) is 0 Å². The number of esters is 1. The van der Waals surface area contributed by atoms with Gasteiger partial charge >= 0.3 is 5.97 Å². The number of rotatable bonds is 4. The van der Waals surface area contributed by atoms with Gasteiger partial charge in [-0.1, -0.05) is 30.3 Å². The van der Waals surface area contributed by atoms with Crippen LogP contribution in [0.25, 0.3) is 0 Å². The summed E-state index contributed by atoms with van der Waals surface area (Å²) >= 11 is 0. The van der Waals surface area contributed by atoms with Gasteiger partial charge in [-0.3, -0.25) is 4.79 Å². The smallest absolute Gasteiger partial charge is 0.319 e. The fraction of sp³-hybridized carbons (Fsp3) is 0.267. The van der Waals surface area contributed by atoms with Crippen molar-refractivity contribution in [2.45, 2.75) is 25.9 Å². The predicted molar refractivity (Wildman–Crippen MR) is 71.3 cm³/mol. The number of carbonyl (C=O) groups excluding carboxylic acids is 1. The molecule has 1 aromatic carbocycles. The molecule has 0 radical (unpaired) electrons. The Morgan fingerprint density at radius 2 is 1.74 bits per heavy atom. The van der Waals surface area contributed by atoms with Crippen LogP contribution in [0.4, 0.5) is 0 Å². The molecule has 0 spiro atoms. The van der Waals surface area contributed by atoms with Crippen molar-refractivity contribution in [3.63, 3.8) is 0 Å². The summed E-state index contributed by atoms with van der Waals surface area (Å²) in [6.45, 7) is 3.78. The van der Waals surface area contributed by atoms with E-state index in [0.29, 0.717) is 5.82 Å². The second kappa shape index (κ2) is 5.61. The lowest BCUT2D eigenvalue weighted by atomic mass is 9.92. The maximum Gasteiger partial charge on any atom is 0.319 e. The summed E-state index contributed by atoms with van der Waals surface area (Å²) in [7, 11) is 0. The van der Waals surface area contributed by atoms with E-state index >= 15 is 0 Å². The molecule has 19 heavy (non-hydrogen) atoms. The molecule has 0 saturated carbocycles. The van der Waals surface area contributed by atoms with Gasteiger partial charge in [0.1, 0.15) is 17.8 Å². The summed E-state index contributed by atoms with van der Waals surface area (Å²) in [6.07, 6.45) is 3.24. The Labute approximate surface area is 112 Å². The number of benzene rings is 1. The van der Waals surface area contributed by atoms with Crippen LogP contribution in [0.1, 0.15) is 25.2 Å². The number of aromatic nitrogens is 2. The highest BCUT2D eigenvalue weighted by atomic mass is 16.5. The van der Waals surface area contributed by atoms with E-state index in [9.17, 15) is 4.79 Å². The minimum atomic E-state index is -0.851. The lowest BCUT2D eigenvalue weighted by Gasteiger charge is -2.20. The van der Waals surface area contributed by atoms with E-state index in [0.717, 1.165) is 5.56 Å². The molecule has 1 heterocycles. The minimum Gasteiger partial charge on any atom is -0.460 e. The zero-order valence-electron chi connectivity index (χ0n) is 11.0. The van der Waals surface area contributed by atoms with Crippen LogP contribution < -0.4 is 0 Å². The van der Waals surface area contributed by atoms with E-state index in [1.807, 2.05) is 30.3 Å². The van der Waals surface area contributed by atoms with E-state index < -0.39 is 5.41 Å². The SMILES string of the molecule is CC(C)(C(=O)OCc1ccccc1)c1ncccn1. The summed E-state index contributed by atoms with van der Waals surface area (Å²) in [5.41, 5.74) is 0.108. The minimum absolute atomic E-state index is 0.260. The van der Waals surface area contributed by atoms with Crippen LogP contribution >= 0.6 is 0 Å². The fourth-order valence-electron chi connectivity index (χ4n) is 1.62. The van der Waals surface area contributed by atoms with Crippen LogP contribution in [-0.2, 0) is 21.6 Å². The Balaban J connectivity index is 2.03. The van der Waals surface area contributed by atoms with Gasteiger partial charge < -0.3 is 4.74 Å². The standard InChI is InChI=1S/C15H16N2O2/c1-15(2,13-16-9-6-10-17-13)14(18)19-11-12-7-4-3-5-8-12/h3-10H,11H2,1-2H3. The number of carbonyl (C=O) groups is 1. The normalized spacial score (nSPS) is 11.1. The quantitative estimate of drug-likeness (QED) is 0.789. The molecular formula is C15H16N2O2. The van der Waals surface area contributed by atoms with E-state index in [1.165, 1.54) is 0 Å².